The van der Waals surface area contributed by atoms with Crippen LogP contribution in [0.5, 0.6) is 0 Å². The molecule has 0 N–H and O–H groups in total. The number of likely N-dealkylation sites (tertiary alicyclic amines) is 1. The highest BCUT2D eigenvalue weighted by Gasteiger charge is 2.30. The minimum Gasteiger partial charge on any atom is -0.373 e. The Bertz CT molecular complexity index is 434. The summed E-state index contributed by atoms with van der Waals surface area (Å²) in [5, 5.41) is 0. The van der Waals surface area contributed by atoms with Gasteiger partial charge in [-0.15, -0.1) is 0 Å². The van der Waals surface area contributed by atoms with E-state index in [0.29, 0.717) is 12.6 Å². The van der Waals surface area contributed by atoms with Gasteiger partial charge in [0.2, 0.25) is 0 Å². The van der Waals surface area contributed by atoms with Gasteiger partial charge in [-0.2, -0.15) is 13.2 Å². The molecule has 0 aliphatic carbocycles. The van der Waals surface area contributed by atoms with Crippen LogP contribution in [0.4, 0.5) is 13.2 Å². The Morgan fingerprint density at radius 2 is 1.71 bits per heavy atom. The molecule has 1 aliphatic rings. The zero-order valence-electron chi connectivity index (χ0n) is 12.5. The molecule has 0 amide bonds. The van der Waals surface area contributed by atoms with E-state index in [-0.39, 0.29) is 6.10 Å². The molecular formula is C16H22F3NO. The van der Waals surface area contributed by atoms with Crippen LogP contribution in [-0.4, -0.2) is 30.1 Å². The van der Waals surface area contributed by atoms with Crippen LogP contribution in [0.2, 0.25) is 0 Å². The van der Waals surface area contributed by atoms with Crippen molar-refractivity contribution >= 4 is 0 Å². The van der Waals surface area contributed by atoms with Crippen LogP contribution >= 0.6 is 0 Å². The van der Waals surface area contributed by atoms with Crippen molar-refractivity contribution in [2.45, 2.75) is 51.6 Å². The highest BCUT2D eigenvalue weighted by Crippen LogP contribution is 2.29. The first-order valence-electron chi connectivity index (χ1n) is 7.38. The third-order valence-electron chi connectivity index (χ3n) is 3.97. The lowest BCUT2D eigenvalue weighted by Gasteiger charge is -2.34. The van der Waals surface area contributed by atoms with Gasteiger partial charge >= 0.3 is 6.18 Å². The summed E-state index contributed by atoms with van der Waals surface area (Å²) in [7, 11) is 0. The second-order valence-corrected chi connectivity index (χ2v) is 5.83. The van der Waals surface area contributed by atoms with Crippen molar-refractivity contribution < 1.29 is 17.9 Å². The lowest BCUT2D eigenvalue weighted by molar-refractivity contribution is -0.137. The number of rotatable bonds is 4. The van der Waals surface area contributed by atoms with Crippen molar-refractivity contribution in [1.82, 2.24) is 4.90 Å². The average Bonchev–Trinajstić information content (AvgIpc) is 2.45. The van der Waals surface area contributed by atoms with Crippen LogP contribution < -0.4 is 0 Å². The Hall–Kier alpha value is -1.07. The number of hydrogen-bond acceptors (Lipinski definition) is 2. The lowest BCUT2D eigenvalue weighted by atomic mass is 10.1. The van der Waals surface area contributed by atoms with Crippen LogP contribution in [0.25, 0.3) is 0 Å². The van der Waals surface area contributed by atoms with Gasteiger partial charge < -0.3 is 9.64 Å². The maximum atomic E-state index is 12.5. The maximum absolute atomic E-state index is 12.5. The first kappa shape index (κ1) is 16.3. The molecule has 21 heavy (non-hydrogen) atoms. The fourth-order valence-electron chi connectivity index (χ4n) is 2.56. The fraction of sp³-hybridized carbons (Fsp3) is 0.625. The van der Waals surface area contributed by atoms with Gasteiger partial charge in [-0.05, 0) is 44.4 Å². The summed E-state index contributed by atoms with van der Waals surface area (Å²) >= 11 is 0. The summed E-state index contributed by atoms with van der Waals surface area (Å²) in [6.45, 7) is 6.79. The molecule has 5 heteroatoms. The van der Waals surface area contributed by atoms with Crippen molar-refractivity contribution in [3.8, 4) is 0 Å². The molecule has 1 aromatic rings. The molecule has 0 radical (unpaired) electrons. The number of hydrogen-bond donors (Lipinski definition) is 0. The fourth-order valence-corrected chi connectivity index (χ4v) is 2.56. The molecule has 118 valence electrons. The molecule has 2 nitrogen and oxygen atoms in total. The zero-order valence-corrected chi connectivity index (χ0v) is 12.5. The summed E-state index contributed by atoms with van der Waals surface area (Å²) in [5.41, 5.74) is 0.172. The molecule has 2 rings (SSSR count). The highest BCUT2D eigenvalue weighted by atomic mass is 19.4. The number of piperidine rings is 1. The standard InChI is InChI=1S/C16H22F3NO/c1-12(2)20-9-7-15(8-10-20)21-11-13-3-5-14(6-4-13)16(17,18)19/h3-6,12,15H,7-11H2,1-2H3. The predicted octanol–water partition coefficient (Wildman–Crippen LogP) is 4.09. The van der Waals surface area contributed by atoms with Crippen LogP contribution in [-0.2, 0) is 17.5 Å². The topological polar surface area (TPSA) is 12.5 Å². The van der Waals surface area contributed by atoms with Gasteiger partial charge in [0.25, 0.3) is 0 Å². The SMILES string of the molecule is CC(C)N1CCC(OCc2ccc(C(F)(F)F)cc2)CC1. The summed E-state index contributed by atoms with van der Waals surface area (Å²) in [5.74, 6) is 0. The molecular weight excluding hydrogens is 279 g/mol. The van der Waals surface area contributed by atoms with Crippen LogP contribution in [0.1, 0.15) is 37.8 Å². The van der Waals surface area contributed by atoms with E-state index < -0.39 is 11.7 Å². The average molecular weight is 301 g/mol. The summed E-state index contributed by atoms with van der Waals surface area (Å²) in [6.07, 6.45) is -2.09. The normalized spacial score (nSPS) is 18.4. The van der Waals surface area contributed by atoms with E-state index in [9.17, 15) is 13.2 Å². The number of ether oxygens (including phenoxy) is 1. The molecule has 1 heterocycles. The minimum absolute atomic E-state index is 0.210. The Balaban J connectivity index is 1.79. The second-order valence-electron chi connectivity index (χ2n) is 5.83. The van der Waals surface area contributed by atoms with Crippen molar-refractivity contribution in [1.29, 1.82) is 0 Å². The molecule has 0 saturated carbocycles. The smallest absolute Gasteiger partial charge is 0.373 e. The van der Waals surface area contributed by atoms with E-state index in [4.69, 9.17) is 4.74 Å². The molecule has 0 atom stereocenters. The minimum atomic E-state index is -4.27. The molecule has 1 aliphatic heterocycles. The van der Waals surface area contributed by atoms with Gasteiger partial charge in [-0.25, -0.2) is 0 Å². The van der Waals surface area contributed by atoms with Crippen molar-refractivity contribution in [2.75, 3.05) is 13.1 Å². The van der Waals surface area contributed by atoms with Crippen LogP contribution in [0.3, 0.4) is 0 Å². The zero-order chi connectivity index (χ0) is 15.5. The van der Waals surface area contributed by atoms with E-state index in [1.807, 2.05) is 0 Å². The number of alkyl halides is 3. The van der Waals surface area contributed by atoms with Gasteiger partial charge in [-0.1, -0.05) is 12.1 Å². The van der Waals surface area contributed by atoms with E-state index in [2.05, 4.69) is 18.7 Å². The molecule has 0 spiro atoms. The van der Waals surface area contributed by atoms with Gasteiger partial charge in [0.1, 0.15) is 0 Å². The van der Waals surface area contributed by atoms with Crippen molar-refractivity contribution in [3.63, 3.8) is 0 Å². The first-order chi connectivity index (χ1) is 9.86. The Kier molecular flexibility index (Phi) is 5.27. The molecule has 0 aromatic heterocycles. The molecule has 1 saturated heterocycles. The van der Waals surface area contributed by atoms with Gasteiger partial charge in [0.05, 0.1) is 18.3 Å². The maximum Gasteiger partial charge on any atom is 0.416 e. The number of benzene rings is 1. The molecule has 1 fully saturated rings. The van der Waals surface area contributed by atoms with Gasteiger partial charge in [0.15, 0.2) is 0 Å². The third-order valence-corrected chi connectivity index (χ3v) is 3.97. The third kappa shape index (κ3) is 4.71. The summed E-state index contributed by atoms with van der Waals surface area (Å²) in [4.78, 5) is 2.41. The van der Waals surface area contributed by atoms with E-state index in [0.717, 1.165) is 43.6 Å². The monoisotopic (exact) mass is 301 g/mol. The number of nitrogens with zero attached hydrogens (tertiary/aromatic N) is 1. The van der Waals surface area contributed by atoms with Crippen molar-refractivity contribution in [3.05, 3.63) is 35.4 Å². The first-order valence-corrected chi connectivity index (χ1v) is 7.38. The summed E-state index contributed by atoms with van der Waals surface area (Å²) in [6, 6.07) is 5.76. The highest BCUT2D eigenvalue weighted by molar-refractivity contribution is 5.24. The van der Waals surface area contributed by atoms with Crippen LogP contribution in [0, 0.1) is 0 Å². The number of halogens is 3. The lowest BCUT2D eigenvalue weighted by Crippen LogP contribution is -2.40. The molecule has 0 unspecified atom stereocenters. The predicted molar refractivity (Wildman–Crippen MR) is 76.0 cm³/mol. The summed E-state index contributed by atoms with van der Waals surface area (Å²) < 4.78 is 43.2. The molecule has 1 aromatic carbocycles. The Morgan fingerprint density at radius 3 is 2.19 bits per heavy atom. The van der Waals surface area contributed by atoms with E-state index >= 15 is 0 Å². The van der Waals surface area contributed by atoms with Gasteiger partial charge in [-0.3, -0.25) is 0 Å². The van der Waals surface area contributed by atoms with Crippen molar-refractivity contribution in [2.24, 2.45) is 0 Å². The largest absolute Gasteiger partial charge is 0.416 e. The Labute approximate surface area is 123 Å². The van der Waals surface area contributed by atoms with Crippen LogP contribution in [0.15, 0.2) is 24.3 Å². The van der Waals surface area contributed by atoms with E-state index in [1.54, 1.807) is 0 Å². The molecule has 0 bridgehead atoms. The second kappa shape index (κ2) is 6.79. The van der Waals surface area contributed by atoms with Gasteiger partial charge in [0, 0.05) is 19.1 Å². The van der Waals surface area contributed by atoms with E-state index in [1.165, 1.54) is 12.1 Å². The Morgan fingerprint density at radius 1 is 1.14 bits per heavy atom. The quantitative estimate of drug-likeness (QED) is 0.830.